The Morgan fingerprint density at radius 3 is 2.83 bits per heavy atom. The first kappa shape index (κ1) is 18.8. The van der Waals surface area contributed by atoms with Crippen LogP contribution in [-0.4, -0.2) is 38.8 Å². The van der Waals surface area contributed by atoms with Gasteiger partial charge in [-0.3, -0.25) is 14.7 Å². The summed E-state index contributed by atoms with van der Waals surface area (Å²) in [4.78, 5) is 27.6. The van der Waals surface area contributed by atoms with Crippen molar-refractivity contribution in [3.8, 4) is 0 Å². The van der Waals surface area contributed by atoms with E-state index in [0.29, 0.717) is 0 Å². The molecule has 2 aromatic carbocycles. The fraction of sp³-hybridized carbons (Fsp3) is 0.292. The molecule has 2 N–H and O–H groups in total. The first-order valence-electron chi connectivity index (χ1n) is 10.5. The molecule has 6 heteroatoms. The molecular formula is C24H25N5O. The fourth-order valence-corrected chi connectivity index (χ4v) is 4.21. The number of anilines is 1. The lowest BCUT2D eigenvalue weighted by Crippen LogP contribution is -2.38. The minimum atomic E-state index is 0.0455. The molecule has 1 amide bonds. The van der Waals surface area contributed by atoms with Crippen molar-refractivity contribution < 1.29 is 4.79 Å². The van der Waals surface area contributed by atoms with Gasteiger partial charge in [-0.2, -0.15) is 0 Å². The number of imidazole rings is 1. The second kappa shape index (κ2) is 7.88. The minimum Gasteiger partial charge on any atom is -0.341 e. The van der Waals surface area contributed by atoms with Crippen molar-refractivity contribution in [2.45, 2.75) is 26.3 Å². The van der Waals surface area contributed by atoms with Gasteiger partial charge < -0.3 is 10.3 Å². The van der Waals surface area contributed by atoms with Crippen LogP contribution in [0, 0.1) is 12.8 Å². The van der Waals surface area contributed by atoms with Crippen LogP contribution in [0.1, 0.15) is 24.2 Å². The number of benzene rings is 2. The molecule has 3 heterocycles. The number of nitrogens with one attached hydrogen (secondary N) is 2. The monoisotopic (exact) mass is 399 g/mol. The highest BCUT2D eigenvalue weighted by atomic mass is 16.1. The number of likely N-dealkylation sites (tertiary alicyclic amines) is 1. The van der Waals surface area contributed by atoms with Gasteiger partial charge in [0, 0.05) is 23.2 Å². The molecule has 1 aliphatic rings. The van der Waals surface area contributed by atoms with Gasteiger partial charge >= 0.3 is 0 Å². The van der Waals surface area contributed by atoms with E-state index in [2.05, 4.69) is 45.3 Å². The van der Waals surface area contributed by atoms with Crippen LogP contribution in [0.3, 0.4) is 0 Å². The van der Waals surface area contributed by atoms with Crippen molar-refractivity contribution in [3.05, 3.63) is 66.1 Å². The zero-order valence-corrected chi connectivity index (χ0v) is 17.1. The number of carbonyl (C=O) groups is 1. The molecular weight excluding hydrogens is 374 g/mol. The lowest BCUT2D eigenvalue weighted by molar-refractivity contribution is -0.121. The van der Waals surface area contributed by atoms with Crippen LogP contribution in [0.25, 0.3) is 21.9 Å². The van der Waals surface area contributed by atoms with E-state index in [1.165, 1.54) is 5.56 Å². The third-order valence-electron chi connectivity index (χ3n) is 5.89. The molecule has 152 valence electrons. The van der Waals surface area contributed by atoms with Crippen molar-refractivity contribution in [1.29, 1.82) is 0 Å². The van der Waals surface area contributed by atoms with Gasteiger partial charge in [0.25, 0.3) is 0 Å². The van der Waals surface area contributed by atoms with Gasteiger partial charge in [-0.1, -0.05) is 12.1 Å². The van der Waals surface area contributed by atoms with Crippen LogP contribution in [0.2, 0.25) is 0 Å². The number of aromatic amines is 1. The van der Waals surface area contributed by atoms with Crippen LogP contribution in [0.5, 0.6) is 0 Å². The standard InChI is InChI=1S/C24H25N5O/c1-16-4-6-21-22(13-16)28-23(27-21)15-29-11-8-17(9-12-29)24(30)26-19-5-7-20-18(14-19)3-2-10-25-20/h2-7,10,13-14,17H,8-9,11-12,15H2,1H3,(H,26,30)(H,27,28). The van der Waals surface area contributed by atoms with E-state index in [1.807, 2.05) is 30.3 Å². The Morgan fingerprint density at radius 1 is 1.13 bits per heavy atom. The Bertz CT molecular complexity index is 1210. The Balaban J connectivity index is 1.18. The molecule has 5 rings (SSSR count). The Kier molecular flexibility index (Phi) is 4.93. The summed E-state index contributed by atoms with van der Waals surface area (Å²) in [7, 11) is 0. The van der Waals surface area contributed by atoms with E-state index in [0.717, 1.165) is 65.9 Å². The molecule has 1 saturated heterocycles. The average Bonchev–Trinajstić information content (AvgIpc) is 3.15. The molecule has 1 fully saturated rings. The van der Waals surface area contributed by atoms with E-state index in [4.69, 9.17) is 4.98 Å². The topological polar surface area (TPSA) is 73.9 Å². The number of hydrogen-bond acceptors (Lipinski definition) is 4. The molecule has 30 heavy (non-hydrogen) atoms. The summed E-state index contributed by atoms with van der Waals surface area (Å²) in [5.74, 6) is 1.14. The van der Waals surface area contributed by atoms with Gasteiger partial charge in [0.1, 0.15) is 5.82 Å². The maximum Gasteiger partial charge on any atom is 0.227 e. The summed E-state index contributed by atoms with van der Waals surface area (Å²) >= 11 is 0. The predicted octanol–water partition coefficient (Wildman–Crippen LogP) is 4.27. The van der Waals surface area contributed by atoms with Gasteiger partial charge in [0.05, 0.1) is 23.1 Å². The first-order chi connectivity index (χ1) is 14.6. The van der Waals surface area contributed by atoms with Crippen molar-refractivity contribution in [2.75, 3.05) is 18.4 Å². The Labute approximate surface area is 175 Å². The minimum absolute atomic E-state index is 0.0455. The molecule has 0 radical (unpaired) electrons. The van der Waals surface area contributed by atoms with E-state index < -0.39 is 0 Å². The number of aromatic nitrogens is 3. The number of amides is 1. The molecule has 0 saturated carbocycles. The number of nitrogens with zero attached hydrogens (tertiary/aromatic N) is 3. The van der Waals surface area contributed by atoms with E-state index >= 15 is 0 Å². The summed E-state index contributed by atoms with van der Waals surface area (Å²) in [5.41, 5.74) is 5.09. The van der Waals surface area contributed by atoms with Gasteiger partial charge in [-0.05, 0) is 74.8 Å². The molecule has 0 atom stereocenters. The number of carbonyl (C=O) groups excluding carboxylic acids is 1. The highest BCUT2D eigenvalue weighted by Crippen LogP contribution is 2.23. The van der Waals surface area contributed by atoms with Crippen LogP contribution in [0.15, 0.2) is 54.7 Å². The molecule has 4 aromatic rings. The number of aryl methyl sites for hydroxylation is 1. The summed E-state index contributed by atoms with van der Waals surface area (Å²) in [6.45, 7) is 4.68. The summed E-state index contributed by atoms with van der Waals surface area (Å²) < 4.78 is 0. The number of fused-ring (bicyclic) bond motifs is 2. The normalized spacial score (nSPS) is 15.6. The molecule has 1 aliphatic heterocycles. The predicted molar refractivity (Wildman–Crippen MR) is 119 cm³/mol. The van der Waals surface area contributed by atoms with Crippen LogP contribution < -0.4 is 5.32 Å². The second-order valence-electron chi connectivity index (χ2n) is 8.15. The van der Waals surface area contributed by atoms with Crippen LogP contribution >= 0.6 is 0 Å². The highest BCUT2D eigenvalue weighted by molar-refractivity contribution is 5.95. The number of pyridine rings is 1. The highest BCUT2D eigenvalue weighted by Gasteiger charge is 2.25. The number of hydrogen-bond donors (Lipinski definition) is 2. The zero-order chi connectivity index (χ0) is 20.5. The largest absolute Gasteiger partial charge is 0.341 e. The number of H-pyrrole nitrogens is 1. The maximum absolute atomic E-state index is 12.8. The third kappa shape index (κ3) is 3.91. The summed E-state index contributed by atoms with van der Waals surface area (Å²) in [5, 5.41) is 4.12. The lowest BCUT2D eigenvalue weighted by atomic mass is 9.95. The summed E-state index contributed by atoms with van der Waals surface area (Å²) in [6.07, 6.45) is 3.50. The van der Waals surface area contributed by atoms with Crippen molar-refractivity contribution in [2.24, 2.45) is 5.92 Å². The molecule has 6 nitrogen and oxygen atoms in total. The van der Waals surface area contributed by atoms with E-state index in [9.17, 15) is 4.79 Å². The number of rotatable bonds is 4. The van der Waals surface area contributed by atoms with Gasteiger partial charge in [0.15, 0.2) is 0 Å². The van der Waals surface area contributed by atoms with Gasteiger partial charge in [0.2, 0.25) is 5.91 Å². The summed E-state index contributed by atoms with van der Waals surface area (Å²) in [6, 6.07) is 16.0. The third-order valence-corrected chi connectivity index (χ3v) is 5.89. The van der Waals surface area contributed by atoms with Crippen molar-refractivity contribution >= 4 is 33.5 Å². The maximum atomic E-state index is 12.8. The molecule has 0 spiro atoms. The average molecular weight is 399 g/mol. The Hall–Kier alpha value is -3.25. The quantitative estimate of drug-likeness (QED) is 0.537. The molecule has 0 unspecified atom stereocenters. The SMILES string of the molecule is Cc1ccc2nc(CN3CCC(C(=O)Nc4ccc5ncccc5c4)CC3)[nH]c2c1. The smallest absolute Gasteiger partial charge is 0.227 e. The van der Waals surface area contributed by atoms with Gasteiger partial charge in [-0.25, -0.2) is 4.98 Å². The van der Waals surface area contributed by atoms with Crippen molar-refractivity contribution in [3.63, 3.8) is 0 Å². The molecule has 0 bridgehead atoms. The Morgan fingerprint density at radius 2 is 1.97 bits per heavy atom. The molecule has 2 aromatic heterocycles. The van der Waals surface area contributed by atoms with Crippen LogP contribution in [0.4, 0.5) is 5.69 Å². The van der Waals surface area contributed by atoms with E-state index in [-0.39, 0.29) is 11.8 Å². The fourth-order valence-electron chi connectivity index (χ4n) is 4.21. The molecule has 0 aliphatic carbocycles. The van der Waals surface area contributed by atoms with Crippen molar-refractivity contribution in [1.82, 2.24) is 19.9 Å². The zero-order valence-electron chi connectivity index (χ0n) is 17.1. The van der Waals surface area contributed by atoms with Crippen LogP contribution in [-0.2, 0) is 11.3 Å². The van der Waals surface area contributed by atoms with Gasteiger partial charge in [-0.15, -0.1) is 0 Å². The first-order valence-corrected chi connectivity index (χ1v) is 10.5. The van der Waals surface area contributed by atoms with E-state index in [1.54, 1.807) is 6.20 Å². The second-order valence-corrected chi connectivity index (χ2v) is 8.15. The lowest BCUT2D eigenvalue weighted by Gasteiger charge is -2.30. The number of piperidine rings is 1.